The lowest BCUT2D eigenvalue weighted by molar-refractivity contribution is 0.775. The Labute approximate surface area is 89.9 Å². The highest BCUT2D eigenvalue weighted by atomic mass is 31.1. The van der Waals surface area contributed by atoms with Gasteiger partial charge in [0.25, 0.3) is 0 Å². The quantitative estimate of drug-likeness (QED) is 0.642. The molecular weight excluding hydrogens is 187 g/mol. The van der Waals surface area contributed by atoms with Gasteiger partial charge in [-0.25, -0.2) is 0 Å². The Morgan fingerprint density at radius 1 is 1.21 bits per heavy atom. The first-order valence-corrected chi connectivity index (χ1v) is 7.01. The Balaban J connectivity index is 0.000000461. The van der Waals surface area contributed by atoms with Crippen LogP contribution < -0.4 is 0 Å². The summed E-state index contributed by atoms with van der Waals surface area (Å²) in [6, 6.07) is 10.9. The third kappa shape index (κ3) is 3.80. The third-order valence-corrected chi connectivity index (χ3v) is 4.20. The average molecular weight is 208 g/mol. The van der Waals surface area contributed by atoms with E-state index >= 15 is 0 Å². The zero-order valence-electron chi connectivity index (χ0n) is 9.29. The van der Waals surface area contributed by atoms with Crippen LogP contribution in [0.1, 0.15) is 32.3 Å². The predicted octanol–water partition coefficient (Wildman–Crippen LogP) is 4.10. The van der Waals surface area contributed by atoms with E-state index in [1.165, 1.54) is 39.6 Å². The topological polar surface area (TPSA) is 0 Å². The molecule has 1 aliphatic rings. The molecule has 1 heterocycles. The zero-order chi connectivity index (χ0) is 10.2. The van der Waals surface area contributed by atoms with Gasteiger partial charge in [0.05, 0.1) is 0 Å². The van der Waals surface area contributed by atoms with Crippen LogP contribution in [0.5, 0.6) is 0 Å². The molecule has 1 aromatic rings. The van der Waals surface area contributed by atoms with Crippen molar-refractivity contribution in [1.82, 2.24) is 0 Å². The number of hydrogen-bond donors (Lipinski definition) is 0. The van der Waals surface area contributed by atoms with E-state index < -0.39 is 0 Å². The molecule has 0 aromatic heterocycles. The molecule has 2 atom stereocenters. The first-order valence-electron chi connectivity index (χ1n) is 5.72. The van der Waals surface area contributed by atoms with Gasteiger partial charge in [0.2, 0.25) is 0 Å². The zero-order valence-corrected chi connectivity index (χ0v) is 10.3. The standard InChI is InChI=1S/C11H15P.C2H6/c1-2-5-10(6-3-1)9-11-7-4-8-12-11;1-2/h1-3,5-6,11-12H,4,7-9H2;1-2H3. The second-order valence-electron chi connectivity index (χ2n) is 3.48. The molecule has 1 heteroatoms. The van der Waals surface area contributed by atoms with Crippen LogP contribution >= 0.6 is 8.58 Å². The lowest BCUT2D eigenvalue weighted by atomic mass is 10.1. The van der Waals surface area contributed by atoms with Crippen molar-refractivity contribution in [3.63, 3.8) is 0 Å². The van der Waals surface area contributed by atoms with Crippen LogP contribution in [0.4, 0.5) is 0 Å². The molecule has 2 rings (SSSR count). The largest absolute Gasteiger partial charge is 0.119 e. The molecule has 2 unspecified atom stereocenters. The highest BCUT2D eigenvalue weighted by molar-refractivity contribution is 7.39. The summed E-state index contributed by atoms with van der Waals surface area (Å²) in [6.07, 6.45) is 5.74. The summed E-state index contributed by atoms with van der Waals surface area (Å²) in [5, 5.41) is 0. The van der Waals surface area contributed by atoms with Gasteiger partial charge >= 0.3 is 0 Å². The molecule has 78 valence electrons. The highest BCUT2D eigenvalue weighted by Gasteiger charge is 2.14. The van der Waals surface area contributed by atoms with Gasteiger partial charge < -0.3 is 0 Å². The molecule has 14 heavy (non-hydrogen) atoms. The van der Waals surface area contributed by atoms with E-state index in [0.717, 1.165) is 5.66 Å². The summed E-state index contributed by atoms with van der Waals surface area (Å²) in [6.45, 7) is 4.00. The maximum absolute atomic E-state index is 2.25. The first kappa shape index (κ1) is 11.7. The van der Waals surface area contributed by atoms with Crippen molar-refractivity contribution in [2.24, 2.45) is 0 Å². The fourth-order valence-electron chi connectivity index (χ4n) is 1.83. The van der Waals surface area contributed by atoms with Crippen LogP contribution in [0.3, 0.4) is 0 Å². The summed E-state index contributed by atoms with van der Waals surface area (Å²) >= 11 is 0. The van der Waals surface area contributed by atoms with Crippen LogP contribution in [-0.2, 0) is 6.42 Å². The van der Waals surface area contributed by atoms with Crippen molar-refractivity contribution < 1.29 is 0 Å². The molecule has 0 bridgehead atoms. The van der Waals surface area contributed by atoms with Gasteiger partial charge in [-0.1, -0.05) is 44.2 Å². The van der Waals surface area contributed by atoms with Crippen molar-refractivity contribution in [3.05, 3.63) is 35.9 Å². The highest BCUT2D eigenvalue weighted by Crippen LogP contribution is 2.34. The van der Waals surface area contributed by atoms with Crippen LogP contribution in [0.15, 0.2) is 30.3 Å². The van der Waals surface area contributed by atoms with Crippen molar-refractivity contribution >= 4 is 8.58 Å². The van der Waals surface area contributed by atoms with Crippen LogP contribution in [0.25, 0.3) is 0 Å². The van der Waals surface area contributed by atoms with Gasteiger partial charge in [-0.15, -0.1) is 8.58 Å². The molecule has 0 N–H and O–H groups in total. The molecular formula is C13H21P. The molecule has 1 aromatic carbocycles. The minimum atomic E-state index is 1.01. The van der Waals surface area contributed by atoms with Crippen molar-refractivity contribution in [3.8, 4) is 0 Å². The van der Waals surface area contributed by atoms with E-state index in [2.05, 4.69) is 30.3 Å². The Morgan fingerprint density at radius 2 is 1.93 bits per heavy atom. The summed E-state index contributed by atoms with van der Waals surface area (Å²) in [7, 11) is 1.23. The smallest absolute Gasteiger partial charge is 0.0196 e. The van der Waals surface area contributed by atoms with Gasteiger partial charge in [0, 0.05) is 0 Å². The molecule has 1 fully saturated rings. The monoisotopic (exact) mass is 208 g/mol. The minimum absolute atomic E-state index is 1.01. The molecule has 1 aliphatic heterocycles. The SMILES string of the molecule is CC.c1ccc(CC2CCCP2)cc1. The number of benzene rings is 1. The van der Waals surface area contributed by atoms with E-state index in [1.807, 2.05) is 13.8 Å². The second kappa shape index (κ2) is 7.01. The van der Waals surface area contributed by atoms with Gasteiger partial charge in [0.1, 0.15) is 0 Å². The number of rotatable bonds is 2. The second-order valence-corrected chi connectivity index (χ2v) is 5.21. The molecule has 0 nitrogen and oxygen atoms in total. The van der Waals surface area contributed by atoms with Gasteiger partial charge in [-0.2, -0.15) is 0 Å². The Kier molecular flexibility index (Phi) is 5.87. The van der Waals surface area contributed by atoms with Gasteiger partial charge in [-0.3, -0.25) is 0 Å². The Morgan fingerprint density at radius 3 is 2.50 bits per heavy atom. The van der Waals surface area contributed by atoms with Gasteiger partial charge in [0.15, 0.2) is 0 Å². The molecule has 0 spiro atoms. The van der Waals surface area contributed by atoms with E-state index in [4.69, 9.17) is 0 Å². The van der Waals surface area contributed by atoms with Crippen molar-refractivity contribution in [2.45, 2.75) is 38.8 Å². The van der Waals surface area contributed by atoms with Crippen molar-refractivity contribution in [1.29, 1.82) is 0 Å². The molecule has 1 saturated heterocycles. The minimum Gasteiger partial charge on any atom is -0.119 e. The van der Waals surface area contributed by atoms with Crippen molar-refractivity contribution in [2.75, 3.05) is 6.16 Å². The predicted molar refractivity (Wildman–Crippen MR) is 67.7 cm³/mol. The van der Waals surface area contributed by atoms with E-state index in [0.29, 0.717) is 0 Å². The molecule has 0 radical (unpaired) electrons. The summed E-state index contributed by atoms with van der Waals surface area (Å²) in [5.41, 5.74) is 2.53. The fraction of sp³-hybridized carbons (Fsp3) is 0.538. The fourth-order valence-corrected chi connectivity index (χ4v) is 3.43. The summed E-state index contributed by atoms with van der Waals surface area (Å²) in [4.78, 5) is 0. The third-order valence-electron chi connectivity index (χ3n) is 2.49. The maximum Gasteiger partial charge on any atom is -0.0196 e. The summed E-state index contributed by atoms with van der Waals surface area (Å²) in [5.74, 6) is 0. The lowest BCUT2D eigenvalue weighted by Crippen LogP contribution is -1.99. The maximum atomic E-state index is 2.25. The van der Waals surface area contributed by atoms with Crippen LogP contribution in [0, 0.1) is 0 Å². The van der Waals surface area contributed by atoms with Gasteiger partial charge in [-0.05, 0) is 36.6 Å². The normalized spacial score (nSPS) is 21.7. The Hall–Kier alpha value is -0.350. The lowest BCUT2D eigenvalue weighted by Gasteiger charge is -2.07. The average Bonchev–Trinajstić information content (AvgIpc) is 2.75. The summed E-state index contributed by atoms with van der Waals surface area (Å²) < 4.78 is 0. The van der Waals surface area contributed by atoms with E-state index in [9.17, 15) is 0 Å². The van der Waals surface area contributed by atoms with Crippen LogP contribution in [-0.4, -0.2) is 11.8 Å². The van der Waals surface area contributed by atoms with E-state index in [-0.39, 0.29) is 0 Å². The molecule has 0 amide bonds. The Bertz CT molecular complexity index is 224. The number of hydrogen-bond acceptors (Lipinski definition) is 0. The van der Waals surface area contributed by atoms with Crippen LogP contribution in [0.2, 0.25) is 0 Å². The first-order chi connectivity index (χ1) is 6.95. The molecule has 0 saturated carbocycles. The van der Waals surface area contributed by atoms with E-state index in [1.54, 1.807) is 0 Å². The molecule has 0 aliphatic carbocycles.